The van der Waals surface area contributed by atoms with E-state index in [0.717, 1.165) is 46.2 Å². The average Bonchev–Trinajstić information content (AvgIpc) is 3.45. The monoisotopic (exact) mass is 555 g/mol. The van der Waals surface area contributed by atoms with E-state index in [2.05, 4.69) is 58.2 Å². The molecule has 2 aliphatic heterocycles. The van der Waals surface area contributed by atoms with E-state index in [1.807, 2.05) is 16.4 Å². The second kappa shape index (κ2) is 10.3. The lowest BCUT2D eigenvalue weighted by Gasteiger charge is -2.36. The number of carbonyl (C=O) groups is 2. The molecule has 3 aromatic heterocycles. The van der Waals surface area contributed by atoms with Crippen LogP contribution in [0.25, 0.3) is 5.00 Å². The highest BCUT2D eigenvalue weighted by atomic mass is 32.1. The van der Waals surface area contributed by atoms with Crippen molar-refractivity contribution < 1.29 is 14.7 Å². The van der Waals surface area contributed by atoms with Crippen molar-refractivity contribution in [2.45, 2.75) is 33.2 Å². The average molecular weight is 556 g/mol. The van der Waals surface area contributed by atoms with Crippen molar-refractivity contribution in [3.8, 4) is 5.00 Å². The Bertz CT molecular complexity index is 1620. The molecule has 0 bridgehead atoms. The number of anilines is 1. The summed E-state index contributed by atoms with van der Waals surface area (Å²) in [5.74, 6) is 0.354. The van der Waals surface area contributed by atoms with E-state index in [4.69, 9.17) is 4.99 Å². The highest BCUT2D eigenvalue weighted by molar-refractivity contribution is 7.15. The zero-order chi connectivity index (χ0) is 28.0. The largest absolute Gasteiger partial charge is 0.481 e. The molecule has 1 aromatic carbocycles. The van der Waals surface area contributed by atoms with E-state index in [0.29, 0.717) is 30.3 Å². The number of rotatable bonds is 5. The van der Waals surface area contributed by atoms with Gasteiger partial charge in [0, 0.05) is 65.8 Å². The van der Waals surface area contributed by atoms with Gasteiger partial charge in [0.2, 0.25) is 0 Å². The standard InChI is InChI=1S/C29H29N7O3S/c1-17-18(2)40-29-25(17)26(31-23(16-24(37)38)27-33-32-19(3)36(27)29)20-4-6-22(7-5-20)34-12-14-35(15-13-34)28(39)21-8-10-30-11-9-21/h4-11,23H,12-16H2,1-3H3,(H,37,38)/t23-/m0/s1. The second-order valence-electron chi connectivity index (χ2n) is 10.1. The molecule has 0 unspecified atom stereocenters. The summed E-state index contributed by atoms with van der Waals surface area (Å²) in [7, 11) is 0. The smallest absolute Gasteiger partial charge is 0.306 e. The highest BCUT2D eigenvalue weighted by Gasteiger charge is 2.32. The summed E-state index contributed by atoms with van der Waals surface area (Å²) in [4.78, 5) is 38.9. The van der Waals surface area contributed by atoms with Gasteiger partial charge in [-0.3, -0.25) is 24.1 Å². The zero-order valence-corrected chi connectivity index (χ0v) is 23.4. The fourth-order valence-corrected chi connectivity index (χ4v) is 6.58. The van der Waals surface area contributed by atoms with Gasteiger partial charge in [-0.05, 0) is 50.6 Å². The van der Waals surface area contributed by atoms with Gasteiger partial charge in [0.05, 0.1) is 12.1 Å². The van der Waals surface area contributed by atoms with E-state index < -0.39 is 12.0 Å². The summed E-state index contributed by atoms with van der Waals surface area (Å²) in [5, 5.41) is 19.2. The van der Waals surface area contributed by atoms with Crippen LogP contribution in [-0.2, 0) is 4.79 Å². The number of amides is 1. The minimum absolute atomic E-state index is 0.0299. The molecule has 1 fully saturated rings. The molecule has 2 aliphatic rings. The van der Waals surface area contributed by atoms with Gasteiger partial charge < -0.3 is 14.9 Å². The lowest BCUT2D eigenvalue weighted by atomic mass is 9.99. The topological polar surface area (TPSA) is 117 Å². The quantitative estimate of drug-likeness (QED) is 0.396. The van der Waals surface area contributed by atoms with Gasteiger partial charge in [0.15, 0.2) is 5.82 Å². The summed E-state index contributed by atoms with van der Waals surface area (Å²) in [6.07, 6.45) is 3.11. The van der Waals surface area contributed by atoms with Crippen LogP contribution >= 0.6 is 11.3 Å². The van der Waals surface area contributed by atoms with Crippen LogP contribution in [0, 0.1) is 20.8 Å². The molecule has 0 aliphatic carbocycles. The SMILES string of the molecule is Cc1sc2c(c1C)C(c1ccc(N3CCN(C(=O)c4ccncc4)CC3)cc1)=N[C@@H](CC(=O)O)c1nnc(C)n1-2. The first-order chi connectivity index (χ1) is 19.3. The fourth-order valence-electron chi connectivity index (χ4n) is 5.37. The van der Waals surface area contributed by atoms with Crippen molar-refractivity contribution in [1.29, 1.82) is 0 Å². The predicted molar refractivity (Wildman–Crippen MR) is 153 cm³/mol. The second-order valence-corrected chi connectivity index (χ2v) is 11.3. The Hall–Kier alpha value is -4.38. The van der Waals surface area contributed by atoms with E-state index in [1.54, 1.807) is 35.9 Å². The number of pyridine rings is 1. The van der Waals surface area contributed by atoms with Crippen LogP contribution in [0.5, 0.6) is 0 Å². The fraction of sp³-hybridized carbons (Fsp3) is 0.310. The Morgan fingerprint density at radius 2 is 1.68 bits per heavy atom. The van der Waals surface area contributed by atoms with Gasteiger partial charge in [-0.2, -0.15) is 0 Å². The first-order valence-corrected chi connectivity index (χ1v) is 14.0. The molecule has 4 aromatic rings. The van der Waals surface area contributed by atoms with Gasteiger partial charge >= 0.3 is 5.97 Å². The summed E-state index contributed by atoms with van der Waals surface area (Å²) in [6.45, 7) is 8.80. The van der Waals surface area contributed by atoms with Gasteiger partial charge in [0.25, 0.3) is 5.91 Å². The molecule has 0 radical (unpaired) electrons. The molecule has 1 N–H and O–H groups in total. The number of hydrogen-bond acceptors (Lipinski definition) is 8. The number of aryl methyl sites for hydroxylation is 2. The molecule has 1 amide bonds. The van der Waals surface area contributed by atoms with Crippen molar-refractivity contribution in [1.82, 2.24) is 24.6 Å². The molecule has 0 saturated carbocycles. The van der Waals surface area contributed by atoms with Crippen LogP contribution in [-0.4, -0.2) is 73.5 Å². The number of aliphatic imine (C=N–C) groups is 1. The number of carboxylic acids is 1. The van der Waals surface area contributed by atoms with E-state index in [9.17, 15) is 14.7 Å². The summed E-state index contributed by atoms with van der Waals surface area (Å²) < 4.78 is 1.96. The number of fused-ring (bicyclic) bond motifs is 3. The molecule has 1 saturated heterocycles. The number of hydrogen-bond donors (Lipinski definition) is 1. The predicted octanol–water partition coefficient (Wildman–Crippen LogP) is 3.98. The Morgan fingerprint density at radius 3 is 2.35 bits per heavy atom. The maximum Gasteiger partial charge on any atom is 0.306 e. The van der Waals surface area contributed by atoms with Gasteiger partial charge in [0.1, 0.15) is 16.9 Å². The molecule has 40 heavy (non-hydrogen) atoms. The molecule has 1 atom stereocenters. The number of aromatic nitrogens is 4. The number of benzene rings is 1. The third-order valence-corrected chi connectivity index (χ3v) is 8.80. The number of thiophene rings is 1. The van der Waals surface area contributed by atoms with Crippen molar-refractivity contribution in [2.24, 2.45) is 4.99 Å². The maximum absolute atomic E-state index is 12.8. The van der Waals surface area contributed by atoms with Crippen LogP contribution in [0.1, 0.15) is 56.0 Å². The van der Waals surface area contributed by atoms with E-state index >= 15 is 0 Å². The molecule has 6 rings (SSSR count). The highest BCUT2D eigenvalue weighted by Crippen LogP contribution is 2.39. The van der Waals surface area contributed by atoms with Crippen molar-refractivity contribution in [3.63, 3.8) is 0 Å². The first-order valence-electron chi connectivity index (χ1n) is 13.2. The maximum atomic E-state index is 12.8. The third-order valence-electron chi connectivity index (χ3n) is 7.61. The molecule has 5 heterocycles. The zero-order valence-electron chi connectivity index (χ0n) is 22.5. The third kappa shape index (κ3) is 4.56. The minimum Gasteiger partial charge on any atom is -0.481 e. The molecule has 10 nitrogen and oxygen atoms in total. The number of carbonyl (C=O) groups excluding carboxylic acids is 1. The molecule has 204 valence electrons. The Kier molecular flexibility index (Phi) is 6.67. The van der Waals surface area contributed by atoms with Gasteiger partial charge in [-0.25, -0.2) is 0 Å². The van der Waals surface area contributed by atoms with E-state index in [-0.39, 0.29) is 12.3 Å². The molecular formula is C29H29N7O3S. The van der Waals surface area contributed by atoms with Gasteiger partial charge in [-0.15, -0.1) is 21.5 Å². The summed E-state index contributed by atoms with van der Waals surface area (Å²) >= 11 is 1.65. The molecule has 0 spiro atoms. The van der Waals surface area contributed by atoms with Crippen LogP contribution < -0.4 is 4.90 Å². The Morgan fingerprint density at radius 1 is 0.975 bits per heavy atom. The lowest BCUT2D eigenvalue weighted by Crippen LogP contribution is -2.48. The van der Waals surface area contributed by atoms with Crippen LogP contribution in [0.4, 0.5) is 5.69 Å². The normalized spacial score (nSPS) is 16.7. The molecular weight excluding hydrogens is 526 g/mol. The molecule has 11 heteroatoms. The minimum atomic E-state index is -0.935. The summed E-state index contributed by atoms with van der Waals surface area (Å²) in [5.41, 5.74) is 5.53. The van der Waals surface area contributed by atoms with Crippen molar-refractivity contribution >= 4 is 34.6 Å². The van der Waals surface area contributed by atoms with Crippen LogP contribution in [0.2, 0.25) is 0 Å². The summed E-state index contributed by atoms with van der Waals surface area (Å²) in [6, 6.07) is 11.1. The van der Waals surface area contributed by atoms with E-state index in [1.165, 1.54) is 4.88 Å². The van der Waals surface area contributed by atoms with Gasteiger partial charge in [-0.1, -0.05) is 12.1 Å². The van der Waals surface area contributed by atoms with Crippen molar-refractivity contribution in [2.75, 3.05) is 31.1 Å². The number of carboxylic acid groups (broad SMARTS) is 1. The number of piperazine rings is 1. The Labute approximate surface area is 235 Å². The number of nitrogens with zero attached hydrogens (tertiary/aromatic N) is 7. The van der Waals surface area contributed by atoms with Crippen molar-refractivity contribution in [3.05, 3.63) is 87.6 Å². The lowest BCUT2D eigenvalue weighted by molar-refractivity contribution is -0.137. The first kappa shape index (κ1) is 25.9. The number of aliphatic carboxylic acids is 1. The van der Waals surface area contributed by atoms with Crippen LogP contribution in [0.3, 0.4) is 0 Å². The Balaban J connectivity index is 1.28. The van der Waals surface area contributed by atoms with Crippen LogP contribution in [0.15, 0.2) is 53.8 Å².